The molecule has 1 saturated heterocycles. The Kier molecular flexibility index (Phi) is 7.74. The summed E-state index contributed by atoms with van der Waals surface area (Å²) in [6.45, 7) is 2.17. The summed E-state index contributed by atoms with van der Waals surface area (Å²) in [5.74, 6) is 0.536. The maximum atomic E-state index is 12.9. The molecule has 3 aromatic rings. The number of piperidine rings is 1. The van der Waals surface area contributed by atoms with Crippen molar-refractivity contribution in [2.24, 2.45) is 13.0 Å². The minimum Gasteiger partial charge on any atom is -0.367 e. The van der Waals surface area contributed by atoms with Crippen molar-refractivity contribution >= 4 is 28.9 Å². The van der Waals surface area contributed by atoms with Gasteiger partial charge in [-0.25, -0.2) is 14.2 Å². The first kappa shape index (κ1) is 23.7. The summed E-state index contributed by atoms with van der Waals surface area (Å²) in [5, 5.41) is 5.81. The number of likely N-dealkylation sites (tertiary alicyclic amines) is 1. The van der Waals surface area contributed by atoms with Crippen LogP contribution in [-0.2, 0) is 23.2 Å². The topological polar surface area (TPSA) is 88.5 Å². The first-order valence-corrected chi connectivity index (χ1v) is 11.6. The fraction of sp³-hybridized carbons (Fsp3) is 0.400. The molecule has 1 aromatic heterocycles. The Labute approximate surface area is 198 Å². The molecule has 8 nitrogen and oxygen atoms in total. The fourth-order valence-electron chi connectivity index (χ4n) is 4.17. The van der Waals surface area contributed by atoms with Crippen molar-refractivity contribution < 1.29 is 18.7 Å². The largest absolute Gasteiger partial charge is 0.367 e. The molecule has 3 amide bonds. The summed E-state index contributed by atoms with van der Waals surface area (Å²) in [6.07, 6.45) is 2.66. The Morgan fingerprint density at radius 1 is 1.12 bits per heavy atom. The number of hydrogen-bond donors (Lipinski definition) is 2. The number of hydrogen-bond acceptors (Lipinski definition) is 4. The summed E-state index contributed by atoms with van der Waals surface area (Å²) in [6, 6.07) is 13.6. The van der Waals surface area contributed by atoms with Gasteiger partial charge in [0.15, 0.2) is 0 Å². The van der Waals surface area contributed by atoms with Gasteiger partial charge in [-0.15, -0.1) is 0 Å². The molecule has 0 saturated carbocycles. The number of para-hydroxylation sites is 2. The van der Waals surface area contributed by atoms with Crippen molar-refractivity contribution in [2.75, 3.05) is 31.6 Å². The van der Waals surface area contributed by atoms with E-state index in [0.29, 0.717) is 31.5 Å². The van der Waals surface area contributed by atoms with Gasteiger partial charge >= 0.3 is 6.03 Å². The zero-order chi connectivity index (χ0) is 23.9. The summed E-state index contributed by atoms with van der Waals surface area (Å²) in [7, 11) is 1.89. The van der Waals surface area contributed by atoms with Gasteiger partial charge in [0, 0.05) is 26.7 Å². The minimum atomic E-state index is -0.297. The van der Waals surface area contributed by atoms with E-state index < -0.39 is 0 Å². The van der Waals surface area contributed by atoms with Crippen molar-refractivity contribution in [3.05, 3.63) is 59.9 Å². The Bertz CT molecular complexity index is 1120. The van der Waals surface area contributed by atoms with Crippen LogP contribution < -0.4 is 10.6 Å². The highest BCUT2D eigenvalue weighted by molar-refractivity contribution is 5.90. The number of aryl methyl sites for hydroxylation is 1. The standard InChI is InChI=1S/C25H30FN5O3/c1-30-22-5-3-2-4-21(22)28-24(30)29-25(33)31-14-11-18(12-15-31)10-13-27-23(32)17-34-16-19-6-8-20(26)9-7-19/h2-9,18H,10-17H2,1H3,(H,27,32)(H,28,29,33). The average Bonchev–Trinajstić information content (AvgIpc) is 3.16. The molecule has 4 rings (SSSR count). The van der Waals surface area contributed by atoms with E-state index in [9.17, 15) is 14.0 Å². The highest BCUT2D eigenvalue weighted by Gasteiger charge is 2.23. The van der Waals surface area contributed by atoms with Gasteiger partial charge in [0.05, 0.1) is 17.6 Å². The molecular weight excluding hydrogens is 437 g/mol. The second-order valence-electron chi connectivity index (χ2n) is 8.60. The van der Waals surface area contributed by atoms with Crippen LogP contribution >= 0.6 is 0 Å². The SMILES string of the molecule is Cn1c(NC(=O)N2CCC(CCNC(=O)COCc3ccc(F)cc3)CC2)nc2ccccc21. The second-order valence-corrected chi connectivity index (χ2v) is 8.60. The third-order valence-corrected chi connectivity index (χ3v) is 6.20. The summed E-state index contributed by atoms with van der Waals surface area (Å²) < 4.78 is 20.2. The number of ether oxygens (including phenoxy) is 1. The number of carbonyl (C=O) groups excluding carboxylic acids is 2. The van der Waals surface area contributed by atoms with E-state index in [4.69, 9.17) is 4.74 Å². The Balaban J connectivity index is 1.12. The molecule has 9 heteroatoms. The van der Waals surface area contributed by atoms with Crippen molar-refractivity contribution in [3.8, 4) is 0 Å². The lowest BCUT2D eigenvalue weighted by atomic mass is 9.94. The molecule has 2 heterocycles. The first-order chi connectivity index (χ1) is 16.5. The second kappa shape index (κ2) is 11.1. The maximum absolute atomic E-state index is 12.9. The number of fused-ring (bicyclic) bond motifs is 1. The minimum absolute atomic E-state index is 0.0296. The number of carbonyl (C=O) groups is 2. The lowest BCUT2D eigenvalue weighted by molar-refractivity contribution is -0.126. The van der Waals surface area contributed by atoms with Gasteiger partial charge in [-0.3, -0.25) is 10.1 Å². The first-order valence-electron chi connectivity index (χ1n) is 11.6. The summed E-state index contributed by atoms with van der Waals surface area (Å²) in [4.78, 5) is 31.0. The van der Waals surface area contributed by atoms with E-state index in [0.717, 1.165) is 35.9 Å². The van der Waals surface area contributed by atoms with Crippen molar-refractivity contribution in [1.29, 1.82) is 0 Å². The molecule has 34 heavy (non-hydrogen) atoms. The van der Waals surface area contributed by atoms with E-state index in [2.05, 4.69) is 15.6 Å². The highest BCUT2D eigenvalue weighted by atomic mass is 19.1. The normalized spacial score (nSPS) is 14.4. The molecule has 0 bridgehead atoms. The third-order valence-electron chi connectivity index (χ3n) is 6.20. The average molecular weight is 468 g/mol. The number of nitrogens with one attached hydrogen (secondary N) is 2. The van der Waals surface area contributed by atoms with Crippen LogP contribution in [0.2, 0.25) is 0 Å². The molecule has 2 aromatic carbocycles. The molecule has 1 fully saturated rings. The van der Waals surface area contributed by atoms with Crippen molar-refractivity contribution in [2.45, 2.75) is 25.9 Å². The molecular formula is C25H30FN5O3. The summed E-state index contributed by atoms with van der Waals surface area (Å²) >= 11 is 0. The molecule has 1 aliphatic heterocycles. The molecule has 0 atom stereocenters. The van der Waals surface area contributed by atoms with Gasteiger partial charge in [-0.05, 0) is 55.0 Å². The summed E-state index contributed by atoms with van der Waals surface area (Å²) in [5.41, 5.74) is 2.64. The number of benzene rings is 2. The van der Waals surface area contributed by atoms with Crippen LogP contribution in [0, 0.1) is 11.7 Å². The number of rotatable bonds is 8. The predicted octanol–water partition coefficient (Wildman–Crippen LogP) is 3.68. The Hall–Kier alpha value is -3.46. The number of anilines is 1. The van der Waals surface area contributed by atoms with Gasteiger partial charge in [-0.2, -0.15) is 0 Å². The van der Waals surface area contributed by atoms with Gasteiger partial charge in [0.2, 0.25) is 11.9 Å². The number of aromatic nitrogens is 2. The van der Waals surface area contributed by atoms with E-state index >= 15 is 0 Å². The lowest BCUT2D eigenvalue weighted by Gasteiger charge is -2.32. The lowest BCUT2D eigenvalue weighted by Crippen LogP contribution is -2.42. The smallest absolute Gasteiger partial charge is 0.324 e. The molecule has 0 unspecified atom stereocenters. The van der Waals surface area contributed by atoms with Crippen LogP contribution in [0.1, 0.15) is 24.8 Å². The van der Waals surface area contributed by atoms with Crippen LogP contribution in [0.5, 0.6) is 0 Å². The quantitative estimate of drug-likeness (QED) is 0.529. The number of amides is 3. The molecule has 0 aliphatic carbocycles. The Morgan fingerprint density at radius 3 is 2.59 bits per heavy atom. The van der Waals surface area contributed by atoms with Gasteiger partial charge in [-0.1, -0.05) is 24.3 Å². The highest BCUT2D eigenvalue weighted by Crippen LogP contribution is 2.22. The number of imidazole rings is 1. The molecule has 0 spiro atoms. The Morgan fingerprint density at radius 2 is 1.85 bits per heavy atom. The number of urea groups is 1. The van der Waals surface area contributed by atoms with Crippen molar-refractivity contribution in [1.82, 2.24) is 19.8 Å². The molecule has 0 radical (unpaired) electrons. The zero-order valence-electron chi connectivity index (χ0n) is 19.3. The molecule has 2 N–H and O–H groups in total. The van der Waals surface area contributed by atoms with Crippen molar-refractivity contribution in [3.63, 3.8) is 0 Å². The van der Waals surface area contributed by atoms with E-state index in [-0.39, 0.29) is 31.0 Å². The van der Waals surface area contributed by atoms with E-state index in [1.807, 2.05) is 40.8 Å². The van der Waals surface area contributed by atoms with Gasteiger partial charge in [0.25, 0.3) is 0 Å². The predicted molar refractivity (Wildman–Crippen MR) is 128 cm³/mol. The van der Waals surface area contributed by atoms with E-state index in [1.165, 1.54) is 12.1 Å². The van der Waals surface area contributed by atoms with Crippen LogP contribution in [-0.4, -0.2) is 52.6 Å². The van der Waals surface area contributed by atoms with E-state index in [1.54, 1.807) is 12.1 Å². The zero-order valence-corrected chi connectivity index (χ0v) is 19.3. The van der Waals surface area contributed by atoms with Gasteiger partial charge in [0.1, 0.15) is 12.4 Å². The molecule has 1 aliphatic rings. The maximum Gasteiger partial charge on any atom is 0.324 e. The monoisotopic (exact) mass is 467 g/mol. The number of halogens is 1. The van der Waals surface area contributed by atoms with Gasteiger partial charge < -0.3 is 19.5 Å². The fourth-order valence-corrected chi connectivity index (χ4v) is 4.17. The molecule has 180 valence electrons. The number of nitrogens with zero attached hydrogens (tertiary/aromatic N) is 3. The van der Waals surface area contributed by atoms with Crippen LogP contribution in [0.15, 0.2) is 48.5 Å². The van der Waals surface area contributed by atoms with Crippen LogP contribution in [0.3, 0.4) is 0 Å². The third kappa shape index (κ3) is 6.11. The van der Waals surface area contributed by atoms with Crippen LogP contribution in [0.4, 0.5) is 15.1 Å². The van der Waals surface area contributed by atoms with Crippen LogP contribution in [0.25, 0.3) is 11.0 Å².